The molecule has 4 aromatic rings. The van der Waals surface area contributed by atoms with Crippen LogP contribution < -0.4 is 0 Å². The van der Waals surface area contributed by atoms with Crippen LogP contribution in [0.15, 0.2) is 131 Å². The van der Waals surface area contributed by atoms with Gasteiger partial charge in [0.2, 0.25) is 0 Å². The van der Waals surface area contributed by atoms with Gasteiger partial charge >= 0.3 is 0 Å². The second kappa shape index (κ2) is 13.8. The van der Waals surface area contributed by atoms with Crippen LogP contribution in [0, 0.1) is 0 Å². The van der Waals surface area contributed by atoms with Gasteiger partial charge in [0.05, 0.1) is 0 Å². The number of nitrogens with zero attached hydrogens (tertiary/aromatic N) is 4. The molecular formula is C30H28N4O2. The van der Waals surface area contributed by atoms with Crippen LogP contribution in [0.25, 0.3) is 12.2 Å². The van der Waals surface area contributed by atoms with E-state index >= 15 is 0 Å². The minimum Gasteiger partial charge on any atom is -0.410 e. The van der Waals surface area contributed by atoms with E-state index in [2.05, 4.69) is 20.3 Å². The lowest BCUT2D eigenvalue weighted by Crippen LogP contribution is -2.02. The lowest BCUT2D eigenvalue weighted by atomic mass is 10.0. The minimum absolute atomic E-state index is 0.569. The van der Waals surface area contributed by atoms with Crippen molar-refractivity contribution in [1.29, 1.82) is 0 Å². The topological polar surface area (TPSA) is 91.0 Å². The van der Waals surface area contributed by atoms with Gasteiger partial charge in [0.1, 0.15) is 11.4 Å². The van der Waals surface area contributed by atoms with Crippen LogP contribution >= 0.6 is 0 Å². The maximum absolute atomic E-state index is 9.16. The largest absolute Gasteiger partial charge is 0.410 e. The van der Waals surface area contributed by atoms with Crippen LogP contribution in [0.1, 0.15) is 36.1 Å². The van der Waals surface area contributed by atoms with E-state index in [1.165, 1.54) is 0 Å². The third-order valence-corrected chi connectivity index (χ3v) is 5.18. The molecule has 0 fully saturated rings. The van der Waals surface area contributed by atoms with Gasteiger partial charge in [-0.25, -0.2) is 0 Å². The van der Waals surface area contributed by atoms with E-state index in [-0.39, 0.29) is 0 Å². The molecule has 2 N–H and O–H groups in total. The number of benzene rings is 2. The SMILES string of the molecule is CC(=C\c1cccnc1)/C(=N/O)c1ccccc1.CC(=C\c1cccnc1)/C(=N/O)c1ccccc1. The fraction of sp³-hybridized carbons (Fsp3) is 0.0667. The summed E-state index contributed by atoms with van der Waals surface area (Å²) < 4.78 is 0. The lowest BCUT2D eigenvalue weighted by molar-refractivity contribution is 0.319. The maximum Gasteiger partial charge on any atom is 0.112 e. The van der Waals surface area contributed by atoms with Crippen molar-refractivity contribution >= 4 is 23.6 Å². The van der Waals surface area contributed by atoms with Gasteiger partial charge in [-0.3, -0.25) is 9.97 Å². The molecule has 0 amide bonds. The number of oxime groups is 2. The highest BCUT2D eigenvalue weighted by Gasteiger charge is 2.07. The highest BCUT2D eigenvalue weighted by Crippen LogP contribution is 2.14. The Hall–Kier alpha value is -4.84. The Morgan fingerprint density at radius 3 is 1.28 bits per heavy atom. The van der Waals surface area contributed by atoms with Crippen molar-refractivity contribution < 1.29 is 10.4 Å². The average Bonchev–Trinajstić information content (AvgIpc) is 2.92. The number of pyridine rings is 2. The number of rotatable bonds is 6. The van der Waals surface area contributed by atoms with Gasteiger partial charge in [0, 0.05) is 35.9 Å². The normalized spacial score (nSPS) is 12.5. The van der Waals surface area contributed by atoms with E-state index in [1.54, 1.807) is 24.8 Å². The summed E-state index contributed by atoms with van der Waals surface area (Å²) in [5.74, 6) is 0. The quantitative estimate of drug-likeness (QED) is 0.183. The van der Waals surface area contributed by atoms with Crippen molar-refractivity contribution in [2.45, 2.75) is 13.8 Å². The minimum atomic E-state index is 0.569. The third kappa shape index (κ3) is 7.60. The summed E-state index contributed by atoms with van der Waals surface area (Å²) in [7, 11) is 0. The monoisotopic (exact) mass is 476 g/mol. The first-order valence-corrected chi connectivity index (χ1v) is 11.3. The second-order valence-electron chi connectivity index (χ2n) is 7.86. The molecule has 0 bridgehead atoms. The van der Waals surface area contributed by atoms with Gasteiger partial charge < -0.3 is 10.4 Å². The Morgan fingerprint density at radius 2 is 0.972 bits per heavy atom. The van der Waals surface area contributed by atoms with E-state index in [0.717, 1.165) is 33.4 Å². The molecule has 2 heterocycles. The Bertz CT molecular complexity index is 1230. The molecule has 0 aliphatic rings. The molecule has 2 aromatic heterocycles. The lowest BCUT2D eigenvalue weighted by Gasteiger charge is -2.05. The van der Waals surface area contributed by atoms with Crippen molar-refractivity contribution in [2.24, 2.45) is 10.3 Å². The smallest absolute Gasteiger partial charge is 0.112 e. The van der Waals surface area contributed by atoms with E-state index in [0.29, 0.717) is 11.4 Å². The molecule has 0 saturated heterocycles. The van der Waals surface area contributed by atoms with Crippen LogP contribution in [-0.2, 0) is 0 Å². The predicted molar refractivity (Wildman–Crippen MR) is 145 cm³/mol. The van der Waals surface area contributed by atoms with Crippen molar-refractivity contribution in [2.75, 3.05) is 0 Å². The molecule has 0 unspecified atom stereocenters. The van der Waals surface area contributed by atoms with Gasteiger partial charge in [0.15, 0.2) is 0 Å². The molecule has 36 heavy (non-hydrogen) atoms. The molecule has 6 nitrogen and oxygen atoms in total. The van der Waals surface area contributed by atoms with Crippen LogP contribution in [0.3, 0.4) is 0 Å². The molecule has 0 radical (unpaired) electrons. The molecule has 180 valence electrons. The summed E-state index contributed by atoms with van der Waals surface area (Å²) in [5.41, 5.74) is 6.64. The zero-order valence-electron chi connectivity index (χ0n) is 20.2. The molecule has 0 spiro atoms. The van der Waals surface area contributed by atoms with Gasteiger partial charge in [-0.2, -0.15) is 0 Å². The highest BCUT2D eigenvalue weighted by atomic mass is 16.4. The second-order valence-corrected chi connectivity index (χ2v) is 7.86. The third-order valence-electron chi connectivity index (χ3n) is 5.18. The summed E-state index contributed by atoms with van der Waals surface area (Å²) in [4.78, 5) is 8.10. The Morgan fingerprint density at radius 1 is 0.583 bits per heavy atom. The van der Waals surface area contributed by atoms with Crippen LogP contribution in [0.4, 0.5) is 0 Å². The standard InChI is InChI=1S/2C15H14N2O/c2*1-12(10-13-6-5-9-16-11-13)15(17-18)14-7-3-2-4-8-14/h2*2-11,18H,1H3/b2*12-10+,17-15-. The molecular weight excluding hydrogens is 448 g/mol. The summed E-state index contributed by atoms with van der Waals surface area (Å²) in [6, 6.07) is 26.8. The Balaban J connectivity index is 0.000000201. The summed E-state index contributed by atoms with van der Waals surface area (Å²) >= 11 is 0. The van der Waals surface area contributed by atoms with Crippen LogP contribution in [0.2, 0.25) is 0 Å². The number of aromatic nitrogens is 2. The molecule has 0 atom stereocenters. The molecule has 0 saturated carbocycles. The van der Waals surface area contributed by atoms with Crippen molar-refractivity contribution in [3.8, 4) is 0 Å². The number of hydrogen-bond donors (Lipinski definition) is 2. The molecule has 0 aliphatic carbocycles. The molecule has 2 aromatic carbocycles. The molecule has 0 aliphatic heterocycles. The zero-order valence-corrected chi connectivity index (χ0v) is 20.2. The Kier molecular flexibility index (Phi) is 9.86. The highest BCUT2D eigenvalue weighted by molar-refractivity contribution is 6.14. The maximum atomic E-state index is 9.16. The van der Waals surface area contributed by atoms with Crippen molar-refractivity contribution in [1.82, 2.24) is 9.97 Å². The van der Waals surface area contributed by atoms with Crippen LogP contribution in [0.5, 0.6) is 0 Å². The van der Waals surface area contributed by atoms with Crippen molar-refractivity contribution in [3.05, 3.63) is 143 Å². The number of hydrogen-bond acceptors (Lipinski definition) is 6. The first kappa shape index (κ1) is 25.8. The first-order valence-electron chi connectivity index (χ1n) is 11.3. The van der Waals surface area contributed by atoms with E-state index in [1.807, 2.05) is 111 Å². The van der Waals surface area contributed by atoms with Gasteiger partial charge in [0.25, 0.3) is 0 Å². The Labute approximate surface area is 211 Å². The molecule has 6 heteroatoms. The van der Waals surface area contributed by atoms with Crippen LogP contribution in [-0.4, -0.2) is 31.8 Å². The molecule has 4 rings (SSSR count). The zero-order chi connectivity index (χ0) is 25.6. The van der Waals surface area contributed by atoms with E-state index in [9.17, 15) is 0 Å². The van der Waals surface area contributed by atoms with Crippen molar-refractivity contribution in [3.63, 3.8) is 0 Å². The summed E-state index contributed by atoms with van der Waals surface area (Å²) in [5, 5.41) is 25.1. The first-order chi connectivity index (χ1) is 17.6. The van der Waals surface area contributed by atoms with Gasteiger partial charge in [-0.05, 0) is 60.4 Å². The van der Waals surface area contributed by atoms with Gasteiger partial charge in [-0.15, -0.1) is 0 Å². The fourth-order valence-corrected chi connectivity index (χ4v) is 3.48. The van der Waals surface area contributed by atoms with Gasteiger partial charge in [-0.1, -0.05) is 83.1 Å². The average molecular weight is 477 g/mol. The van der Waals surface area contributed by atoms with E-state index in [4.69, 9.17) is 10.4 Å². The van der Waals surface area contributed by atoms with E-state index < -0.39 is 0 Å². The number of allylic oxidation sites excluding steroid dienone is 2. The fourth-order valence-electron chi connectivity index (χ4n) is 3.48. The summed E-state index contributed by atoms with van der Waals surface area (Å²) in [6.45, 7) is 3.82. The predicted octanol–water partition coefficient (Wildman–Crippen LogP) is 6.73. The summed E-state index contributed by atoms with van der Waals surface area (Å²) in [6.07, 6.45) is 10.9.